The van der Waals surface area contributed by atoms with Gasteiger partial charge >= 0.3 is 0 Å². The summed E-state index contributed by atoms with van der Waals surface area (Å²) in [5, 5.41) is 12.3. The number of piperidine rings is 1. The van der Waals surface area contributed by atoms with Crippen molar-refractivity contribution in [3.63, 3.8) is 0 Å². The highest BCUT2D eigenvalue weighted by atomic mass is 16.3. The topological polar surface area (TPSA) is 69.6 Å². The highest BCUT2D eigenvalue weighted by Crippen LogP contribution is 2.21. The third-order valence-corrected chi connectivity index (χ3v) is 5.15. The van der Waals surface area contributed by atoms with Crippen molar-refractivity contribution in [2.24, 2.45) is 17.8 Å². The molecule has 2 N–H and O–H groups in total. The molecule has 136 valence electrons. The molecule has 2 aliphatic rings. The minimum Gasteiger partial charge on any atom is -0.396 e. The molecule has 5 heteroatoms. The number of allylic oxidation sites excluding steroid dienone is 2. The van der Waals surface area contributed by atoms with Crippen molar-refractivity contribution in [3.05, 3.63) is 12.2 Å². The van der Waals surface area contributed by atoms with Crippen molar-refractivity contribution in [1.29, 1.82) is 0 Å². The number of nitrogens with zero attached hydrogens (tertiary/aromatic N) is 1. The molecule has 0 aromatic carbocycles. The second kappa shape index (κ2) is 9.21. The standard InChI is InChI=1S/C19H32N2O3/c1-14(2)12-17(20-18(23)16-6-4-3-5-7-16)19(24)21-10-8-15(13-22)9-11-21/h3-4,14-17,22H,5-13H2,1-2H3,(H,20,23). The average Bonchev–Trinajstić information content (AvgIpc) is 2.61. The lowest BCUT2D eigenvalue weighted by Crippen LogP contribution is -2.52. The van der Waals surface area contributed by atoms with Crippen molar-refractivity contribution >= 4 is 11.8 Å². The van der Waals surface area contributed by atoms with Gasteiger partial charge in [-0.15, -0.1) is 0 Å². The quantitative estimate of drug-likeness (QED) is 0.730. The fraction of sp³-hybridized carbons (Fsp3) is 0.789. The van der Waals surface area contributed by atoms with Crippen LogP contribution in [-0.2, 0) is 9.59 Å². The van der Waals surface area contributed by atoms with Crippen LogP contribution in [0.3, 0.4) is 0 Å². The van der Waals surface area contributed by atoms with E-state index in [4.69, 9.17) is 0 Å². The van der Waals surface area contributed by atoms with E-state index in [0.29, 0.717) is 31.3 Å². The summed E-state index contributed by atoms with van der Waals surface area (Å²) in [7, 11) is 0. The minimum atomic E-state index is -0.422. The largest absolute Gasteiger partial charge is 0.396 e. The van der Waals surface area contributed by atoms with E-state index >= 15 is 0 Å². The molecule has 2 amide bonds. The Hall–Kier alpha value is -1.36. The number of carbonyl (C=O) groups is 2. The van der Waals surface area contributed by atoms with Crippen LogP contribution in [0.2, 0.25) is 0 Å². The second-order valence-electron chi connectivity index (χ2n) is 7.62. The van der Waals surface area contributed by atoms with Gasteiger partial charge in [-0.25, -0.2) is 0 Å². The first kappa shape index (κ1) is 19.0. The molecule has 0 spiro atoms. The summed E-state index contributed by atoms with van der Waals surface area (Å²) < 4.78 is 0. The summed E-state index contributed by atoms with van der Waals surface area (Å²) in [6, 6.07) is -0.422. The normalized spacial score (nSPS) is 23.3. The van der Waals surface area contributed by atoms with Gasteiger partial charge < -0.3 is 15.3 Å². The maximum Gasteiger partial charge on any atom is 0.245 e. The molecule has 2 atom stereocenters. The molecule has 0 aromatic rings. The van der Waals surface area contributed by atoms with Crippen LogP contribution in [0.4, 0.5) is 0 Å². The molecule has 0 bridgehead atoms. The lowest BCUT2D eigenvalue weighted by atomic mass is 9.92. The Kier molecular flexibility index (Phi) is 7.28. The van der Waals surface area contributed by atoms with E-state index in [1.807, 2.05) is 4.90 Å². The zero-order valence-electron chi connectivity index (χ0n) is 15.0. The van der Waals surface area contributed by atoms with Gasteiger partial charge in [-0.2, -0.15) is 0 Å². The summed E-state index contributed by atoms with van der Waals surface area (Å²) in [6.45, 7) is 5.71. The summed E-state index contributed by atoms with van der Waals surface area (Å²) in [6.07, 6.45) is 9.13. The molecule has 1 fully saturated rings. The first-order chi connectivity index (χ1) is 11.5. The number of aliphatic hydroxyl groups excluding tert-OH is 1. The van der Waals surface area contributed by atoms with Crippen molar-refractivity contribution in [2.75, 3.05) is 19.7 Å². The summed E-state index contributed by atoms with van der Waals surface area (Å²) >= 11 is 0. The molecule has 1 saturated heterocycles. The second-order valence-corrected chi connectivity index (χ2v) is 7.62. The lowest BCUT2D eigenvalue weighted by molar-refractivity contribution is -0.139. The van der Waals surface area contributed by atoms with E-state index in [1.54, 1.807) is 0 Å². The van der Waals surface area contributed by atoms with Gasteiger partial charge in [-0.05, 0) is 50.4 Å². The van der Waals surface area contributed by atoms with Gasteiger partial charge in [-0.3, -0.25) is 9.59 Å². The van der Waals surface area contributed by atoms with E-state index in [1.165, 1.54) is 0 Å². The number of likely N-dealkylation sites (tertiary alicyclic amines) is 1. The Morgan fingerprint density at radius 3 is 2.46 bits per heavy atom. The van der Waals surface area contributed by atoms with Crippen LogP contribution in [0.5, 0.6) is 0 Å². The third-order valence-electron chi connectivity index (χ3n) is 5.15. The average molecular weight is 336 g/mol. The van der Waals surface area contributed by atoms with Gasteiger partial charge in [-0.1, -0.05) is 26.0 Å². The van der Waals surface area contributed by atoms with E-state index < -0.39 is 6.04 Å². The first-order valence-corrected chi connectivity index (χ1v) is 9.36. The van der Waals surface area contributed by atoms with Crippen LogP contribution in [-0.4, -0.2) is 47.6 Å². The Bertz CT molecular complexity index is 454. The maximum absolute atomic E-state index is 12.9. The van der Waals surface area contributed by atoms with E-state index in [-0.39, 0.29) is 24.3 Å². The van der Waals surface area contributed by atoms with Gasteiger partial charge in [0.25, 0.3) is 0 Å². The zero-order chi connectivity index (χ0) is 17.5. The highest BCUT2D eigenvalue weighted by molar-refractivity contribution is 5.88. The maximum atomic E-state index is 12.9. The highest BCUT2D eigenvalue weighted by Gasteiger charge is 2.31. The van der Waals surface area contributed by atoms with E-state index in [0.717, 1.165) is 32.1 Å². The predicted molar refractivity (Wildman–Crippen MR) is 94.3 cm³/mol. The van der Waals surface area contributed by atoms with Crippen LogP contribution in [0.25, 0.3) is 0 Å². The molecule has 1 aliphatic heterocycles. The molecule has 1 heterocycles. The third kappa shape index (κ3) is 5.33. The Morgan fingerprint density at radius 2 is 1.92 bits per heavy atom. The molecular weight excluding hydrogens is 304 g/mol. The smallest absolute Gasteiger partial charge is 0.245 e. The van der Waals surface area contributed by atoms with Gasteiger partial charge in [0.2, 0.25) is 11.8 Å². The number of carbonyl (C=O) groups excluding carboxylic acids is 2. The van der Waals surface area contributed by atoms with E-state index in [2.05, 4.69) is 31.3 Å². The van der Waals surface area contributed by atoms with Crippen LogP contribution in [0, 0.1) is 17.8 Å². The van der Waals surface area contributed by atoms with Crippen molar-refractivity contribution in [1.82, 2.24) is 10.2 Å². The molecular formula is C19H32N2O3. The summed E-state index contributed by atoms with van der Waals surface area (Å²) in [4.78, 5) is 27.3. The number of amides is 2. The zero-order valence-corrected chi connectivity index (χ0v) is 15.0. The van der Waals surface area contributed by atoms with Crippen molar-refractivity contribution < 1.29 is 14.7 Å². The number of nitrogens with one attached hydrogen (secondary N) is 1. The van der Waals surface area contributed by atoms with Gasteiger partial charge in [0.05, 0.1) is 0 Å². The number of hydrogen-bond donors (Lipinski definition) is 2. The van der Waals surface area contributed by atoms with Crippen LogP contribution >= 0.6 is 0 Å². The fourth-order valence-electron chi connectivity index (χ4n) is 3.57. The molecule has 0 radical (unpaired) electrons. The molecule has 2 unspecified atom stereocenters. The van der Waals surface area contributed by atoms with E-state index in [9.17, 15) is 14.7 Å². The van der Waals surface area contributed by atoms with Crippen LogP contribution in [0.1, 0.15) is 52.4 Å². The van der Waals surface area contributed by atoms with Crippen molar-refractivity contribution in [2.45, 2.75) is 58.4 Å². The predicted octanol–water partition coefficient (Wildman–Crippen LogP) is 2.10. The number of rotatable bonds is 6. The summed E-state index contributed by atoms with van der Waals surface area (Å²) in [5.74, 6) is 0.711. The SMILES string of the molecule is CC(C)CC(NC(=O)C1CC=CCC1)C(=O)N1CCC(CO)CC1. The first-order valence-electron chi connectivity index (χ1n) is 9.36. The monoisotopic (exact) mass is 336 g/mol. The van der Waals surface area contributed by atoms with Gasteiger partial charge in [0, 0.05) is 25.6 Å². The van der Waals surface area contributed by atoms with Crippen LogP contribution in [0.15, 0.2) is 12.2 Å². The molecule has 2 rings (SSSR count). The van der Waals surface area contributed by atoms with Gasteiger partial charge in [0.1, 0.15) is 6.04 Å². The van der Waals surface area contributed by atoms with Gasteiger partial charge in [0.15, 0.2) is 0 Å². The number of aliphatic hydroxyl groups is 1. The fourth-order valence-corrected chi connectivity index (χ4v) is 3.57. The Morgan fingerprint density at radius 1 is 1.21 bits per heavy atom. The lowest BCUT2D eigenvalue weighted by Gasteiger charge is -2.34. The van der Waals surface area contributed by atoms with Crippen LogP contribution < -0.4 is 5.32 Å². The molecule has 0 saturated carbocycles. The molecule has 5 nitrogen and oxygen atoms in total. The molecule has 24 heavy (non-hydrogen) atoms. The van der Waals surface area contributed by atoms with Crippen molar-refractivity contribution in [3.8, 4) is 0 Å². The Balaban J connectivity index is 1.95. The Labute approximate surface area is 145 Å². The summed E-state index contributed by atoms with van der Waals surface area (Å²) in [5.41, 5.74) is 0. The molecule has 1 aliphatic carbocycles. The number of hydrogen-bond acceptors (Lipinski definition) is 3. The minimum absolute atomic E-state index is 0.00223. The molecule has 0 aromatic heterocycles.